The van der Waals surface area contributed by atoms with Crippen LogP contribution in [-0.4, -0.2) is 37.0 Å². The molecule has 0 radical (unpaired) electrons. The lowest BCUT2D eigenvalue weighted by Gasteiger charge is -2.32. The normalized spacial score (nSPS) is 20.4. The van der Waals surface area contributed by atoms with Crippen molar-refractivity contribution in [3.63, 3.8) is 0 Å². The molecule has 3 nitrogen and oxygen atoms in total. The Labute approximate surface area is 101 Å². The summed E-state index contributed by atoms with van der Waals surface area (Å²) in [5, 5.41) is 3.17. The molecule has 1 amide bonds. The predicted octanol–water partition coefficient (Wildman–Crippen LogP) is 1.65. The Morgan fingerprint density at radius 2 is 2.24 bits per heavy atom. The lowest BCUT2D eigenvalue weighted by Crippen LogP contribution is -2.47. The van der Waals surface area contributed by atoms with Gasteiger partial charge in [0.25, 0.3) is 5.91 Å². The van der Waals surface area contributed by atoms with E-state index >= 15 is 0 Å². The number of hydrogen-bond donors (Lipinski definition) is 1. The molecular weight excluding hydrogens is 219 g/mol. The van der Waals surface area contributed by atoms with Crippen LogP contribution in [0.3, 0.4) is 0 Å². The van der Waals surface area contributed by atoms with Crippen molar-refractivity contribution >= 4 is 5.91 Å². The van der Waals surface area contributed by atoms with Crippen molar-refractivity contribution in [2.75, 3.05) is 20.1 Å². The van der Waals surface area contributed by atoms with E-state index in [-0.39, 0.29) is 11.5 Å². The predicted molar refractivity (Wildman–Crippen MR) is 64.4 cm³/mol. The first-order valence-corrected chi connectivity index (χ1v) is 5.93. The summed E-state index contributed by atoms with van der Waals surface area (Å²) in [5.41, 5.74) is 0.171. The number of piperidine rings is 1. The molecule has 4 heteroatoms. The van der Waals surface area contributed by atoms with Crippen LogP contribution in [0.1, 0.15) is 23.2 Å². The number of nitrogens with zero attached hydrogens (tertiary/aromatic N) is 1. The second-order valence-electron chi connectivity index (χ2n) is 4.36. The Bertz CT molecular complexity index is 408. The number of rotatable bonds is 2. The zero-order chi connectivity index (χ0) is 12.3. The third-order valence-corrected chi connectivity index (χ3v) is 3.22. The van der Waals surface area contributed by atoms with E-state index in [1.807, 2.05) is 7.05 Å². The van der Waals surface area contributed by atoms with Crippen molar-refractivity contribution < 1.29 is 9.18 Å². The molecular formula is C13H17FN2O. The highest BCUT2D eigenvalue weighted by Gasteiger charge is 2.24. The van der Waals surface area contributed by atoms with Gasteiger partial charge in [-0.05, 0) is 32.0 Å². The number of likely N-dealkylation sites (N-methyl/N-ethyl adjacent to an activating group) is 1. The Morgan fingerprint density at radius 1 is 1.47 bits per heavy atom. The van der Waals surface area contributed by atoms with E-state index in [4.69, 9.17) is 0 Å². The average molecular weight is 236 g/mol. The lowest BCUT2D eigenvalue weighted by molar-refractivity contribution is 0.0693. The summed E-state index contributed by atoms with van der Waals surface area (Å²) in [6.45, 7) is 1.37. The second kappa shape index (κ2) is 5.27. The Hall–Kier alpha value is -1.42. The molecule has 0 saturated carbocycles. The number of hydrogen-bond acceptors (Lipinski definition) is 2. The SMILES string of the molecule is CNC1CCCN(C(=O)c2ccccc2F)C1. The van der Waals surface area contributed by atoms with Gasteiger partial charge in [-0.15, -0.1) is 0 Å². The Balaban J connectivity index is 2.12. The molecule has 17 heavy (non-hydrogen) atoms. The van der Waals surface area contributed by atoms with Gasteiger partial charge < -0.3 is 10.2 Å². The van der Waals surface area contributed by atoms with Gasteiger partial charge in [0.1, 0.15) is 5.82 Å². The third kappa shape index (κ3) is 2.64. The van der Waals surface area contributed by atoms with Crippen molar-refractivity contribution in [3.05, 3.63) is 35.6 Å². The molecule has 2 rings (SSSR count). The van der Waals surface area contributed by atoms with Crippen LogP contribution in [0.5, 0.6) is 0 Å². The number of likely N-dealkylation sites (tertiary alicyclic amines) is 1. The van der Waals surface area contributed by atoms with E-state index in [1.165, 1.54) is 6.07 Å². The van der Waals surface area contributed by atoms with Gasteiger partial charge in [0.05, 0.1) is 5.56 Å². The van der Waals surface area contributed by atoms with Gasteiger partial charge in [0, 0.05) is 19.1 Å². The average Bonchev–Trinajstić information content (AvgIpc) is 2.38. The van der Waals surface area contributed by atoms with Gasteiger partial charge in [0.2, 0.25) is 0 Å². The maximum absolute atomic E-state index is 13.5. The summed E-state index contributed by atoms with van der Waals surface area (Å²) in [4.78, 5) is 13.9. The van der Waals surface area contributed by atoms with Crippen LogP contribution in [0.2, 0.25) is 0 Å². The van der Waals surface area contributed by atoms with Crippen LogP contribution in [0.15, 0.2) is 24.3 Å². The summed E-state index contributed by atoms with van der Waals surface area (Å²) in [6.07, 6.45) is 2.03. The molecule has 1 aliphatic rings. The fourth-order valence-electron chi connectivity index (χ4n) is 2.20. The summed E-state index contributed by atoms with van der Waals surface area (Å²) in [5.74, 6) is -0.646. The lowest BCUT2D eigenvalue weighted by atomic mass is 10.0. The summed E-state index contributed by atoms with van der Waals surface area (Å²) >= 11 is 0. The fraction of sp³-hybridized carbons (Fsp3) is 0.462. The van der Waals surface area contributed by atoms with Crippen LogP contribution in [0, 0.1) is 5.82 Å². The molecule has 1 heterocycles. The van der Waals surface area contributed by atoms with E-state index in [2.05, 4.69) is 5.32 Å². The number of amides is 1. The van der Waals surface area contributed by atoms with E-state index in [9.17, 15) is 9.18 Å². The molecule has 0 spiro atoms. The maximum Gasteiger partial charge on any atom is 0.256 e. The molecule has 0 aromatic heterocycles. The quantitative estimate of drug-likeness (QED) is 0.846. The standard InChI is InChI=1S/C13H17FN2O/c1-15-10-5-4-8-16(9-10)13(17)11-6-2-3-7-12(11)14/h2-3,6-7,10,15H,4-5,8-9H2,1H3. The van der Waals surface area contributed by atoms with Crippen LogP contribution < -0.4 is 5.32 Å². The third-order valence-electron chi connectivity index (χ3n) is 3.22. The molecule has 1 saturated heterocycles. The maximum atomic E-state index is 13.5. The fourth-order valence-corrected chi connectivity index (χ4v) is 2.20. The second-order valence-corrected chi connectivity index (χ2v) is 4.36. The molecule has 1 aromatic rings. The van der Waals surface area contributed by atoms with Crippen molar-refractivity contribution in [2.45, 2.75) is 18.9 Å². The number of benzene rings is 1. The number of halogens is 1. The topological polar surface area (TPSA) is 32.3 Å². The molecule has 1 N–H and O–H groups in total. The van der Waals surface area contributed by atoms with E-state index < -0.39 is 5.82 Å². The van der Waals surface area contributed by atoms with E-state index in [0.717, 1.165) is 12.8 Å². The van der Waals surface area contributed by atoms with Crippen LogP contribution in [-0.2, 0) is 0 Å². The van der Waals surface area contributed by atoms with Crippen LogP contribution >= 0.6 is 0 Å². The minimum Gasteiger partial charge on any atom is -0.337 e. The molecule has 1 aromatic carbocycles. The molecule has 1 aliphatic heterocycles. The first-order chi connectivity index (χ1) is 8.22. The van der Waals surface area contributed by atoms with Gasteiger partial charge >= 0.3 is 0 Å². The Kier molecular flexibility index (Phi) is 3.74. The highest BCUT2D eigenvalue weighted by molar-refractivity contribution is 5.94. The van der Waals surface area contributed by atoms with Gasteiger partial charge in [-0.2, -0.15) is 0 Å². The van der Waals surface area contributed by atoms with Crippen molar-refractivity contribution in [2.24, 2.45) is 0 Å². The molecule has 1 fully saturated rings. The molecule has 0 bridgehead atoms. The van der Waals surface area contributed by atoms with E-state index in [0.29, 0.717) is 19.1 Å². The Morgan fingerprint density at radius 3 is 2.94 bits per heavy atom. The minimum absolute atomic E-state index is 0.171. The monoisotopic (exact) mass is 236 g/mol. The van der Waals surface area contributed by atoms with Crippen molar-refractivity contribution in [1.29, 1.82) is 0 Å². The first kappa shape index (κ1) is 12.0. The van der Waals surface area contributed by atoms with Crippen LogP contribution in [0.25, 0.3) is 0 Å². The smallest absolute Gasteiger partial charge is 0.256 e. The van der Waals surface area contributed by atoms with Gasteiger partial charge in [-0.3, -0.25) is 4.79 Å². The van der Waals surface area contributed by atoms with Crippen molar-refractivity contribution in [1.82, 2.24) is 10.2 Å². The van der Waals surface area contributed by atoms with Gasteiger partial charge in [-0.1, -0.05) is 12.1 Å². The highest BCUT2D eigenvalue weighted by Crippen LogP contribution is 2.15. The number of nitrogens with one attached hydrogen (secondary N) is 1. The van der Waals surface area contributed by atoms with Crippen molar-refractivity contribution in [3.8, 4) is 0 Å². The largest absolute Gasteiger partial charge is 0.337 e. The molecule has 0 aliphatic carbocycles. The molecule has 1 unspecified atom stereocenters. The summed E-state index contributed by atoms with van der Waals surface area (Å²) in [6, 6.07) is 6.47. The zero-order valence-electron chi connectivity index (χ0n) is 9.95. The number of carbonyl (C=O) groups excluding carboxylic acids is 1. The van der Waals surface area contributed by atoms with E-state index in [1.54, 1.807) is 23.1 Å². The van der Waals surface area contributed by atoms with Gasteiger partial charge in [-0.25, -0.2) is 4.39 Å². The molecule has 92 valence electrons. The number of carbonyl (C=O) groups is 1. The highest BCUT2D eigenvalue weighted by atomic mass is 19.1. The first-order valence-electron chi connectivity index (χ1n) is 5.93. The summed E-state index contributed by atoms with van der Waals surface area (Å²) in [7, 11) is 1.89. The molecule has 1 atom stereocenters. The van der Waals surface area contributed by atoms with Crippen LogP contribution in [0.4, 0.5) is 4.39 Å². The zero-order valence-corrected chi connectivity index (χ0v) is 9.95. The van der Waals surface area contributed by atoms with Gasteiger partial charge in [0.15, 0.2) is 0 Å². The summed E-state index contributed by atoms with van der Waals surface area (Å²) < 4.78 is 13.5. The minimum atomic E-state index is -0.441.